The van der Waals surface area contributed by atoms with E-state index in [0.717, 1.165) is 62.0 Å². The lowest BCUT2D eigenvalue weighted by molar-refractivity contribution is 0.572. The lowest BCUT2D eigenvalue weighted by Gasteiger charge is -2.45. The van der Waals surface area contributed by atoms with E-state index in [-0.39, 0.29) is 17.5 Å². The predicted octanol–water partition coefficient (Wildman–Crippen LogP) is 16.0. The van der Waals surface area contributed by atoms with Gasteiger partial charge in [0.1, 0.15) is 0 Å². The van der Waals surface area contributed by atoms with Crippen LogP contribution in [0.15, 0.2) is 229 Å². The van der Waals surface area contributed by atoms with Crippen LogP contribution in [0, 0.1) is 0 Å². The molecule has 70 heavy (non-hydrogen) atoms. The first-order valence-corrected chi connectivity index (χ1v) is 24.4. The van der Waals surface area contributed by atoms with Crippen LogP contribution in [0.5, 0.6) is 0 Å². The zero-order valence-electron chi connectivity index (χ0n) is 40.6. The van der Waals surface area contributed by atoms with Crippen molar-refractivity contribution in [3.05, 3.63) is 236 Å². The van der Waals surface area contributed by atoms with Gasteiger partial charge in [-0.1, -0.05) is 139 Å². The van der Waals surface area contributed by atoms with Crippen LogP contribution in [0.4, 0.5) is 68.2 Å². The summed E-state index contributed by atoms with van der Waals surface area (Å²) in [6.07, 6.45) is 3.76. The summed E-state index contributed by atoms with van der Waals surface area (Å²) in [5.41, 5.74) is 19.7. The highest BCUT2D eigenvalue weighted by Gasteiger charge is 2.44. The molecule has 0 fully saturated rings. The highest BCUT2D eigenvalue weighted by atomic mass is 16.3. The largest absolute Gasteiger partial charge is 0.471 e. The Bertz CT molecular complexity index is 3470. The van der Waals surface area contributed by atoms with Gasteiger partial charge in [0, 0.05) is 79.0 Å². The van der Waals surface area contributed by atoms with Crippen LogP contribution >= 0.6 is 0 Å². The summed E-state index contributed by atoms with van der Waals surface area (Å²) in [6, 6.07) is 78.0. The smallest absolute Gasteiger partial charge is 0.252 e. The lowest BCUT2D eigenvalue weighted by atomic mass is 9.33. The van der Waals surface area contributed by atoms with Crippen molar-refractivity contribution in [2.24, 2.45) is 0 Å². The minimum atomic E-state index is -0.137. The van der Waals surface area contributed by atoms with Gasteiger partial charge in [-0.15, -0.1) is 0 Å². The van der Waals surface area contributed by atoms with Crippen molar-refractivity contribution >= 4 is 102 Å². The van der Waals surface area contributed by atoms with Crippen LogP contribution in [0.25, 0.3) is 10.8 Å². The van der Waals surface area contributed by atoms with Gasteiger partial charge in [0.05, 0.1) is 12.5 Å². The van der Waals surface area contributed by atoms with E-state index in [1.54, 1.807) is 0 Å². The van der Waals surface area contributed by atoms with E-state index in [2.05, 4.69) is 273 Å². The molecule has 0 N–H and O–H groups in total. The molecule has 0 spiro atoms. The monoisotopic (exact) mass is 906 g/mol. The number of hydrogen-bond acceptors (Lipinski definition) is 5. The van der Waals surface area contributed by atoms with E-state index in [4.69, 9.17) is 4.42 Å². The zero-order valence-corrected chi connectivity index (χ0v) is 40.6. The van der Waals surface area contributed by atoms with Gasteiger partial charge >= 0.3 is 0 Å². The van der Waals surface area contributed by atoms with Crippen molar-refractivity contribution in [1.29, 1.82) is 0 Å². The maximum absolute atomic E-state index is 5.90. The Morgan fingerprint density at radius 2 is 0.757 bits per heavy atom. The number of anilines is 12. The maximum Gasteiger partial charge on any atom is 0.252 e. The Balaban J connectivity index is 1.09. The van der Waals surface area contributed by atoms with Crippen molar-refractivity contribution in [1.82, 2.24) is 0 Å². The molecule has 5 nitrogen and oxygen atoms in total. The SMILES string of the molecule is CC(C)(C)c1ccc(N(c2ccc(N(c3ccccc3)c3ccccc3)cc2)c2ccc3c(c2)N(c2ccccc2)c2cc(C(C)(C)C)cc4c2B3c2cc3cocc3cc2N4c2ccccc2)cc1. The molecule has 9 aromatic carbocycles. The molecule has 0 aliphatic carbocycles. The van der Waals surface area contributed by atoms with Crippen LogP contribution in [0.1, 0.15) is 52.7 Å². The van der Waals surface area contributed by atoms with E-state index < -0.39 is 0 Å². The summed E-state index contributed by atoms with van der Waals surface area (Å²) in [4.78, 5) is 9.75. The number of fused-ring (bicyclic) bond motifs is 5. The van der Waals surface area contributed by atoms with Crippen molar-refractivity contribution in [3.8, 4) is 0 Å². The van der Waals surface area contributed by atoms with Gasteiger partial charge in [0.2, 0.25) is 0 Å². The van der Waals surface area contributed by atoms with E-state index >= 15 is 0 Å². The fourth-order valence-electron chi connectivity index (χ4n) is 10.6. The van der Waals surface area contributed by atoms with Crippen molar-refractivity contribution in [2.75, 3.05) is 19.6 Å². The van der Waals surface area contributed by atoms with Gasteiger partial charge in [-0.25, -0.2) is 0 Å². The highest BCUT2D eigenvalue weighted by Crippen LogP contribution is 2.48. The van der Waals surface area contributed by atoms with Gasteiger partial charge < -0.3 is 24.0 Å². The molecule has 12 rings (SSSR count). The van der Waals surface area contributed by atoms with Gasteiger partial charge in [-0.3, -0.25) is 0 Å². The molecule has 1 aromatic heterocycles. The molecule has 0 saturated heterocycles. The number of rotatable bonds is 8. The van der Waals surface area contributed by atoms with Crippen LogP contribution in [0.2, 0.25) is 0 Å². The molecule has 0 saturated carbocycles. The first-order valence-electron chi connectivity index (χ1n) is 24.4. The third kappa shape index (κ3) is 7.43. The summed E-state index contributed by atoms with van der Waals surface area (Å²) in [6.45, 7) is 13.8. The molecule has 340 valence electrons. The standard InChI is InChI=1S/C64H55BN4O/c1-63(2,3)46-27-29-52(30-28-46)67(54-33-31-53(32-34-54)66(48-19-11-7-12-20-48)49-21-13-8-14-22-49)55-35-36-56-59(41-55)69(51-25-17-10-18-26-51)61-40-47(64(4,5)6)39-60-62(61)65(56)57-37-44-42-70-43-45(44)38-58(57)68(60)50-23-15-9-16-24-50/h7-43H,1-6H3. The molecule has 0 atom stereocenters. The van der Waals surface area contributed by atoms with Crippen LogP contribution in [0.3, 0.4) is 0 Å². The molecule has 2 aliphatic rings. The summed E-state index contributed by atoms with van der Waals surface area (Å²) in [5.74, 6) is 0. The Morgan fingerprint density at radius 3 is 1.24 bits per heavy atom. The fourth-order valence-corrected chi connectivity index (χ4v) is 10.6. The number of benzene rings is 9. The lowest BCUT2D eigenvalue weighted by Crippen LogP contribution is -2.61. The first-order chi connectivity index (χ1) is 34.0. The highest BCUT2D eigenvalue weighted by molar-refractivity contribution is 7.00. The van der Waals surface area contributed by atoms with E-state index in [1.165, 1.54) is 44.6 Å². The summed E-state index contributed by atoms with van der Waals surface area (Å²) in [7, 11) is 0. The molecule has 3 heterocycles. The van der Waals surface area contributed by atoms with Crippen molar-refractivity contribution in [3.63, 3.8) is 0 Å². The molecule has 0 bridgehead atoms. The Morgan fingerprint density at radius 1 is 0.357 bits per heavy atom. The van der Waals surface area contributed by atoms with Gasteiger partial charge in [0.25, 0.3) is 6.71 Å². The second kappa shape index (κ2) is 16.8. The Kier molecular flexibility index (Phi) is 10.3. The summed E-state index contributed by atoms with van der Waals surface area (Å²) < 4.78 is 5.90. The third-order valence-electron chi connectivity index (χ3n) is 14.2. The number of furan rings is 1. The third-order valence-corrected chi connectivity index (χ3v) is 14.2. The molecule has 10 aromatic rings. The average Bonchev–Trinajstić information content (AvgIpc) is 3.84. The van der Waals surface area contributed by atoms with E-state index in [9.17, 15) is 0 Å². The quantitative estimate of drug-likeness (QED) is 0.142. The fraction of sp³-hybridized carbons (Fsp3) is 0.125. The number of para-hydroxylation sites is 4. The minimum absolute atomic E-state index is 0.0118. The van der Waals surface area contributed by atoms with Crippen molar-refractivity contribution < 1.29 is 4.42 Å². The summed E-state index contributed by atoms with van der Waals surface area (Å²) >= 11 is 0. The van der Waals surface area contributed by atoms with Crippen LogP contribution in [-0.4, -0.2) is 6.71 Å². The van der Waals surface area contributed by atoms with Gasteiger partial charge in [0.15, 0.2) is 0 Å². The van der Waals surface area contributed by atoms with E-state index in [0.29, 0.717) is 0 Å². The van der Waals surface area contributed by atoms with Gasteiger partial charge in [-0.05, 0) is 154 Å². The molecule has 6 heteroatoms. The predicted molar refractivity (Wildman–Crippen MR) is 297 cm³/mol. The molecular weight excluding hydrogens is 852 g/mol. The summed E-state index contributed by atoms with van der Waals surface area (Å²) in [5, 5.41) is 2.18. The second-order valence-electron chi connectivity index (χ2n) is 20.8. The minimum Gasteiger partial charge on any atom is -0.471 e. The Labute approximate surface area is 412 Å². The maximum atomic E-state index is 5.90. The zero-order chi connectivity index (χ0) is 47.7. The Hall–Kier alpha value is -8.22. The average molecular weight is 907 g/mol. The number of hydrogen-bond donors (Lipinski definition) is 0. The number of nitrogens with zero attached hydrogens (tertiary/aromatic N) is 4. The topological polar surface area (TPSA) is 26.1 Å². The van der Waals surface area contributed by atoms with Crippen LogP contribution < -0.4 is 36.0 Å². The molecule has 0 radical (unpaired) electrons. The van der Waals surface area contributed by atoms with Crippen molar-refractivity contribution in [2.45, 2.75) is 52.4 Å². The van der Waals surface area contributed by atoms with Crippen LogP contribution in [-0.2, 0) is 10.8 Å². The molecular formula is C64H55BN4O. The molecule has 2 aliphatic heterocycles. The first kappa shape index (κ1) is 43.1. The van der Waals surface area contributed by atoms with E-state index in [1.807, 2.05) is 12.5 Å². The molecule has 0 amide bonds. The normalized spacial score (nSPS) is 12.9. The second-order valence-corrected chi connectivity index (χ2v) is 20.8. The molecule has 0 unspecified atom stereocenters. The van der Waals surface area contributed by atoms with Gasteiger partial charge in [-0.2, -0.15) is 0 Å².